The molecule has 10 nitrogen and oxygen atoms in total. The first-order chi connectivity index (χ1) is 10.6. The van der Waals surface area contributed by atoms with Crippen molar-refractivity contribution in [1.29, 1.82) is 0 Å². The molecule has 1 heterocycles. The highest BCUT2D eigenvalue weighted by molar-refractivity contribution is 4.89. The predicted molar refractivity (Wildman–Crippen MR) is 74.8 cm³/mol. The molecule has 0 spiro atoms. The van der Waals surface area contributed by atoms with Crippen molar-refractivity contribution < 1.29 is 24.5 Å². The molecule has 0 aliphatic carbocycles. The molecule has 1 aromatic heterocycles. The van der Waals surface area contributed by atoms with Gasteiger partial charge in [-0.2, -0.15) is 5.48 Å². The Bertz CT molecular complexity index is 540. The molecular weight excluding hydrogens is 298 g/mol. The minimum atomic E-state index is -1.04. The van der Waals surface area contributed by atoms with E-state index in [2.05, 4.69) is 4.98 Å². The third-order valence-corrected chi connectivity index (χ3v) is 3.04. The van der Waals surface area contributed by atoms with Gasteiger partial charge in [-0.3, -0.25) is 14.3 Å². The molecule has 0 saturated heterocycles. The number of H-pyrrole nitrogens is 1. The van der Waals surface area contributed by atoms with Crippen molar-refractivity contribution in [3.8, 4) is 0 Å². The number of aliphatic hydroxyl groups excluding tert-OH is 1. The van der Waals surface area contributed by atoms with E-state index < -0.39 is 36.2 Å². The zero-order chi connectivity index (χ0) is 16.5. The molecule has 4 N–H and O–H groups in total. The van der Waals surface area contributed by atoms with E-state index in [1.54, 1.807) is 0 Å². The average Bonchev–Trinajstić information content (AvgIpc) is 2.51. The fourth-order valence-corrected chi connectivity index (χ4v) is 1.90. The van der Waals surface area contributed by atoms with Crippen LogP contribution < -0.4 is 16.7 Å². The Morgan fingerprint density at radius 1 is 1.36 bits per heavy atom. The van der Waals surface area contributed by atoms with Crippen molar-refractivity contribution in [2.45, 2.75) is 18.4 Å². The molecule has 0 radical (unpaired) electrons. The lowest BCUT2D eigenvalue weighted by Gasteiger charge is -2.31. The van der Waals surface area contributed by atoms with E-state index in [1.807, 2.05) is 5.48 Å². The standard InChI is InChI=1S/C12H21N3O7/c1-20-5-6-22-11(10(14-19)8(7-16)21-2)15-4-3-9(17)13-12(15)18/h3-4,8,10-11,14,16,19H,5-7H2,1-2H3,(H,13,17,18)/t8-,10-,11-/m1/s1. The van der Waals surface area contributed by atoms with E-state index >= 15 is 0 Å². The second-order valence-electron chi connectivity index (χ2n) is 4.38. The summed E-state index contributed by atoms with van der Waals surface area (Å²) in [6.07, 6.45) is -0.662. The van der Waals surface area contributed by atoms with Gasteiger partial charge >= 0.3 is 5.69 Å². The summed E-state index contributed by atoms with van der Waals surface area (Å²) in [5.41, 5.74) is 0.690. The number of hydrogen-bond donors (Lipinski definition) is 4. The molecule has 0 amide bonds. The van der Waals surface area contributed by atoms with Crippen molar-refractivity contribution in [3.05, 3.63) is 33.1 Å². The maximum absolute atomic E-state index is 11.9. The van der Waals surface area contributed by atoms with E-state index in [0.29, 0.717) is 0 Å². The lowest BCUT2D eigenvalue weighted by Crippen LogP contribution is -2.51. The summed E-state index contributed by atoms with van der Waals surface area (Å²) in [7, 11) is 2.82. The van der Waals surface area contributed by atoms with E-state index in [4.69, 9.17) is 14.2 Å². The molecule has 3 atom stereocenters. The molecule has 22 heavy (non-hydrogen) atoms. The number of aliphatic hydroxyl groups is 1. The predicted octanol–water partition coefficient (Wildman–Crippen LogP) is -1.95. The van der Waals surface area contributed by atoms with E-state index in [1.165, 1.54) is 20.4 Å². The van der Waals surface area contributed by atoms with Crippen molar-refractivity contribution >= 4 is 0 Å². The molecule has 0 aromatic carbocycles. The monoisotopic (exact) mass is 319 g/mol. The average molecular weight is 319 g/mol. The van der Waals surface area contributed by atoms with Gasteiger partial charge < -0.3 is 24.5 Å². The van der Waals surface area contributed by atoms with Crippen LogP contribution in [0.5, 0.6) is 0 Å². The Morgan fingerprint density at radius 3 is 2.59 bits per heavy atom. The summed E-state index contributed by atoms with van der Waals surface area (Å²) in [4.78, 5) is 25.2. The maximum atomic E-state index is 11.9. The Balaban J connectivity index is 3.14. The molecule has 126 valence electrons. The van der Waals surface area contributed by atoms with Gasteiger partial charge in [0.15, 0.2) is 6.23 Å². The van der Waals surface area contributed by atoms with Gasteiger partial charge in [0.1, 0.15) is 12.1 Å². The second kappa shape index (κ2) is 9.46. The molecule has 0 fully saturated rings. The van der Waals surface area contributed by atoms with Crippen LogP contribution in [-0.2, 0) is 14.2 Å². The molecule has 0 unspecified atom stereocenters. The summed E-state index contributed by atoms with van der Waals surface area (Å²) in [5, 5.41) is 18.7. The minimum Gasteiger partial charge on any atom is -0.394 e. The fraction of sp³-hybridized carbons (Fsp3) is 0.667. The summed E-state index contributed by atoms with van der Waals surface area (Å²) in [5.74, 6) is 0. The van der Waals surface area contributed by atoms with Gasteiger partial charge in [0.2, 0.25) is 0 Å². The number of hydrogen-bond acceptors (Lipinski definition) is 8. The van der Waals surface area contributed by atoms with Gasteiger partial charge in [-0.1, -0.05) is 0 Å². The fourth-order valence-electron chi connectivity index (χ4n) is 1.90. The number of nitrogens with one attached hydrogen (secondary N) is 2. The quantitative estimate of drug-likeness (QED) is 0.289. The second-order valence-corrected chi connectivity index (χ2v) is 4.38. The van der Waals surface area contributed by atoms with Crippen molar-refractivity contribution in [2.24, 2.45) is 0 Å². The highest BCUT2D eigenvalue weighted by Gasteiger charge is 2.32. The van der Waals surface area contributed by atoms with Crippen LogP contribution >= 0.6 is 0 Å². The molecular formula is C12H21N3O7. The largest absolute Gasteiger partial charge is 0.394 e. The summed E-state index contributed by atoms with van der Waals surface area (Å²) in [6, 6.07) is 0.180. The Hall–Kier alpha value is -1.56. The van der Waals surface area contributed by atoms with Gasteiger partial charge in [-0.15, -0.1) is 0 Å². The molecule has 0 saturated carbocycles. The van der Waals surface area contributed by atoms with Crippen LogP contribution in [0.25, 0.3) is 0 Å². The molecule has 10 heteroatoms. The third kappa shape index (κ3) is 4.73. The number of nitrogens with zero attached hydrogens (tertiary/aromatic N) is 1. The third-order valence-electron chi connectivity index (χ3n) is 3.04. The Labute approximate surface area is 126 Å². The van der Waals surface area contributed by atoms with Gasteiger partial charge in [0, 0.05) is 26.5 Å². The maximum Gasteiger partial charge on any atom is 0.330 e. The number of aromatic nitrogens is 2. The SMILES string of the molecule is COCCO[C@H]([C@H](NO)[C@@H](CO)OC)n1ccc(=O)[nH]c1=O. The van der Waals surface area contributed by atoms with Crippen LogP contribution in [0.2, 0.25) is 0 Å². The van der Waals surface area contributed by atoms with E-state index in [-0.39, 0.29) is 13.2 Å². The van der Waals surface area contributed by atoms with Crippen molar-refractivity contribution in [3.63, 3.8) is 0 Å². The highest BCUT2D eigenvalue weighted by atomic mass is 16.5. The number of methoxy groups -OCH3 is 2. The van der Waals surface area contributed by atoms with Gasteiger partial charge in [-0.25, -0.2) is 4.79 Å². The minimum absolute atomic E-state index is 0.118. The highest BCUT2D eigenvalue weighted by Crippen LogP contribution is 2.16. The molecule has 1 rings (SSSR count). The van der Waals surface area contributed by atoms with Gasteiger partial charge in [0.25, 0.3) is 5.56 Å². The van der Waals surface area contributed by atoms with Crippen LogP contribution in [0.1, 0.15) is 6.23 Å². The smallest absolute Gasteiger partial charge is 0.330 e. The number of ether oxygens (including phenoxy) is 3. The van der Waals surface area contributed by atoms with Crippen LogP contribution in [-0.4, -0.2) is 66.1 Å². The first-order valence-corrected chi connectivity index (χ1v) is 6.54. The molecule has 0 bridgehead atoms. The summed E-state index contributed by atoms with van der Waals surface area (Å²) >= 11 is 0. The summed E-state index contributed by atoms with van der Waals surface area (Å²) < 4.78 is 16.5. The first kappa shape index (κ1) is 18.5. The zero-order valence-electron chi connectivity index (χ0n) is 12.4. The lowest BCUT2D eigenvalue weighted by molar-refractivity contribution is -0.119. The van der Waals surface area contributed by atoms with Crippen molar-refractivity contribution in [1.82, 2.24) is 15.0 Å². The topological polar surface area (TPSA) is 135 Å². The molecule has 1 aromatic rings. The van der Waals surface area contributed by atoms with Crippen LogP contribution in [0.4, 0.5) is 0 Å². The molecule has 0 aliphatic heterocycles. The van der Waals surface area contributed by atoms with Gasteiger partial charge in [0.05, 0.1) is 19.8 Å². The normalized spacial score (nSPS) is 15.5. The lowest BCUT2D eigenvalue weighted by atomic mass is 10.1. The van der Waals surface area contributed by atoms with Crippen LogP contribution in [0.15, 0.2) is 21.9 Å². The number of hydroxylamine groups is 1. The summed E-state index contributed by atoms with van der Waals surface area (Å²) in [6.45, 7) is -0.0483. The number of aromatic amines is 1. The Morgan fingerprint density at radius 2 is 2.09 bits per heavy atom. The first-order valence-electron chi connectivity index (χ1n) is 6.54. The van der Waals surface area contributed by atoms with E-state index in [0.717, 1.165) is 10.6 Å². The Kier molecular flexibility index (Phi) is 7.95. The number of rotatable bonds is 10. The molecule has 0 aliphatic rings. The zero-order valence-corrected chi connectivity index (χ0v) is 12.4. The van der Waals surface area contributed by atoms with Crippen LogP contribution in [0.3, 0.4) is 0 Å². The van der Waals surface area contributed by atoms with E-state index in [9.17, 15) is 19.9 Å². The van der Waals surface area contributed by atoms with Gasteiger partial charge in [-0.05, 0) is 0 Å². The van der Waals surface area contributed by atoms with Crippen LogP contribution in [0, 0.1) is 0 Å². The van der Waals surface area contributed by atoms with Crippen molar-refractivity contribution in [2.75, 3.05) is 34.0 Å².